The van der Waals surface area contributed by atoms with Crippen molar-refractivity contribution in [3.05, 3.63) is 30.5 Å². The van der Waals surface area contributed by atoms with Crippen molar-refractivity contribution in [1.29, 1.82) is 0 Å². The molecule has 3 heteroatoms. The van der Waals surface area contributed by atoms with Crippen LogP contribution in [0.5, 0.6) is 0 Å². The highest BCUT2D eigenvalue weighted by Gasteiger charge is 2.22. The maximum absolute atomic E-state index is 4.65. The molecule has 2 atom stereocenters. The van der Waals surface area contributed by atoms with E-state index in [2.05, 4.69) is 60.1 Å². The van der Waals surface area contributed by atoms with Crippen molar-refractivity contribution < 1.29 is 0 Å². The molecular formula is C17H27N3. The number of benzene rings is 1. The second-order valence-corrected chi connectivity index (χ2v) is 5.47. The Morgan fingerprint density at radius 2 is 1.95 bits per heavy atom. The van der Waals surface area contributed by atoms with Crippen LogP contribution in [0.25, 0.3) is 10.9 Å². The SMILES string of the molecule is CCCNC(CCC)C(CC)n1ncc2ccccc21. The van der Waals surface area contributed by atoms with Crippen LogP contribution in [0.15, 0.2) is 30.5 Å². The van der Waals surface area contributed by atoms with Crippen LogP contribution in [0, 0.1) is 0 Å². The summed E-state index contributed by atoms with van der Waals surface area (Å²) in [5.41, 5.74) is 1.25. The van der Waals surface area contributed by atoms with Crippen molar-refractivity contribution in [2.45, 2.75) is 58.5 Å². The van der Waals surface area contributed by atoms with Crippen LogP contribution in [-0.2, 0) is 0 Å². The standard InChI is InChI=1S/C17H27N3/c1-4-9-15(18-12-5-2)16(6-3)20-17-11-8-7-10-14(17)13-19-20/h7-8,10-11,13,15-16,18H,4-6,9,12H2,1-3H3. The first-order chi connectivity index (χ1) is 9.81. The molecule has 20 heavy (non-hydrogen) atoms. The molecule has 3 nitrogen and oxygen atoms in total. The van der Waals surface area contributed by atoms with Gasteiger partial charge < -0.3 is 5.32 Å². The van der Waals surface area contributed by atoms with Gasteiger partial charge in [-0.1, -0.05) is 45.4 Å². The first kappa shape index (κ1) is 15.0. The van der Waals surface area contributed by atoms with Crippen molar-refractivity contribution in [2.75, 3.05) is 6.54 Å². The Hall–Kier alpha value is -1.35. The average Bonchev–Trinajstić information content (AvgIpc) is 2.90. The van der Waals surface area contributed by atoms with Crippen LogP contribution >= 0.6 is 0 Å². The van der Waals surface area contributed by atoms with Crippen molar-refractivity contribution in [1.82, 2.24) is 15.1 Å². The van der Waals surface area contributed by atoms with Gasteiger partial charge in [-0.3, -0.25) is 4.68 Å². The van der Waals surface area contributed by atoms with E-state index in [1.165, 1.54) is 30.2 Å². The molecule has 0 bridgehead atoms. The Labute approximate surface area is 122 Å². The topological polar surface area (TPSA) is 29.9 Å². The summed E-state index contributed by atoms with van der Waals surface area (Å²) in [5.74, 6) is 0. The van der Waals surface area contributed by atoms with E-state index in [4.69, 9.17) is 0 Å². The molecule has 110 valence electrons. The predicted octanol–water partition coefficient (Wildman–Crippen LogP) is 4.16. The monoisotopic (exact) mass is 273 g/mol. The Bertz CT molecular complexity index is 518. The van der Waals surface area contributed by atoms with Gasteiger partial charge in [-0.25, -0.2) is 0 Å². The summed E-state index contributed by atoms with van der Waals surface area (Å²) in [6, 6.07) is 9.43. The molecule has 0 aliphatic carbocycles. The Kier molecular flexibility index (Phi) is 5.60. The Balaban J connectivity index is 2.28. The maximum Gasteiger partial charge on any atom is 0.0686 e. The fraction of sp³-hybridized carbons (Fsp3) is 0.588. The fourth-order valence-corrected chi connectivity index (χ4v) is 2.96. The van der Waals surface area contributed by atoms with Gasteiger partial charge in [0.2, 0.25) is 0 Å². The smallest absolute Gasteiger partial charge is 0.0686 e. The second kappa shape index (κ2) is 7.44. The van der Waals surface area contributed by atoms with E-state index in [0.717, 1.165) is 13.0 Å². The van der Waals surface area contributed by atoms with Crippen LogP contribution in [0.4, 0.5) is 0 Å². The lowest BCUT2D eigenvalue weighted by Crippen LogP contribution is -2.38. The molecule has 1 N–H and O–H groups in total. The number of hydrogen-bond donors (Lipinski definition) is 1. The van der Waals surface area contributed by atoms with Gasteiger partial charge in [0.15, 0.2) is 0 Å². The molecule has 0 aliphatic rings. The van der Waals surface area contributed by atoms with E-state index in [-0.39, 0.29) is 0 Å². The number of nitrogens with one attached hydrogen (secondary N) is 1. The Morgan fingerprint density at radius 1 is 1.15 bits per heavy atom. The highest BCUT2D eigenvalue weighted by atomic mass is 15.3. The van der Waals surface area contributed by atoms with Crippen molar-refractivity contribution in [2.24, 2.45) is 0 Å². The summed E-state index contributed by atoms with van der Waals surface area (Å²) in [7, 11) is 0. The lowest BCUT2D eigenvalue weighted by atomic mass is 10.0. The first-order valence-electron chi connectivity index (χ1n) is 7.97. The molecule has 0 saturated carbocycles. The highest BCUT2D eigenvalue weighted by molar-refractivity contribution is 5.78. The number of fused-ring (bicyclic) bond motifs is 1. The van der Waals surface area contributed by atoms with Gasteiger partial charge in [0.05, 0.1) is 17.8 Å². The molecule has 0 spiro atoms. The van der Waals surface area contributed by atoms with Gasteiger partial charge in [0.1, 0.15) is 0 Å². The van der Waals surface area contributed by atoms with Crippen LogP contribution in [0.3, 0.4) is 0 Å². The number of hydrogen-bond acceptors (Lipinski definition) is 2. The minimum absolute atomic E-state index is 0.432. The predicted molar refractivity (Wildman–Crippen MR) is 86.1 cm³/mol. The van der Waals surface area contributed by atoms with E-state index in [9.17, 15) is 0 Å². The molecule has 0 fully saturated rings. The molecule has 2 rings (SSSR count). The van der Waals surface area contributed by atoms with E-state index in [0.29, 0.717) is 12.1 Å². The fourth-order valence-electron chi connectivity index (χ4n) is 2.96. The third kappa shape index (κ3) is 3.21. The highest BCUT2D eigenvalue weighted by Crippen LogP contribution is 2.24. The quantitative estimate of drug-likeness (QED) is 0.783. The minimum atomic E-state index is 0.432. The molecule has 2 unspecified atom stereocenters. The summed E-state index contributed by atoms with van der Waals surface area (Å²) >= 11 is 0. The number of para-hydroxylation sites is 1. The van der Waals surface area contributed by atoms with Crippen LogP contribution in [0.2, 0.25) is 0 Å². The van der Waals surface area contributed by atoms with E-state index in [1.807, 2.05) is 6.20 Å². The van der Waals surface area contributed by atoms with Gasteiger partial charge >= 0.3 is 0 Å². The molecule has 0 radical (unpaired) electrons. The van der Waals surface area contributed by atoms with Crippen molar-refractivity contribution in [3.8, 4) is 0 Å². The summed E-state index contributed by atoms with van der Waals surface area (Å²) in [6.45, 7) is 7.83. The average molecular weight is 273 g/mol. The Morgan fingerprint density at radius 3 is 2.65 bits per heavy atom. The summed E-state index contributed by atoms with van der Waals surface area (Å²) in [6.07, 6.45) is 6.67. The zero-order valence-corrected chi connectivity index (χ0v) is 13.0. The first-order valence-corrected chi connectivity index (χ1v) is 7.97. The summed E-state index contributed by atoms with van der Waals surface area (Å²) in [4.78, 5) is 0. The summed E-state index contributed by atoms with van der Waals surface area (Å²) in [5, 5.41) is 9.60. The van der Waals surface area contributed by atoms with E-state index < -0.39 is 0 Å². The number of aromatic nitrogens is 2. The molecule has 0 amide bonds. The van der Waals surface area contributed by atoms with Gasteiger partial charge in [-0.2, -0.15) is 5.10 Å². The van der Waals surface area contributed by atoms with E-state index in [1.54, 1.807) is 0 Å². The lowest BCUT2D eigenvalue weighted by molar-refractivity contribution is 0.307. The van der Waals surface area contributed by atoms with Crippen LogP contribution in [0.1, 0.15) is 52.5 Å². The van der Waals surface area contributed by atoms with Crippen molar-refractivity contribution in [3.63, 3.8) is 0 Å². The molecule has 1 heterocycles. The van der Waals surface area contributed by atoms with Crippen molar-refractivity contribution >= 4 is 10.9 Å². The van der Waals surface area contributed by atoms with Gasteiger partial charge in [0, 0.05) is 11.4 Å². The molecule has 2 aromatic rings. The van der Waals surface area contributed by atoms with E-state index >= 15 is 0 Å². The van der Waals surface area contributed by atoms with Crippen LogP contribution < -0.4 is 5.32 Å². The lowest BCUT2D eigenvalue weighted by Gasteiger charge is -2.28. The van der Waals surface area contributed by atoms with Gasteiger partial charge in [-0.15, -0.1) is 0 Å². The number of rotatable bonds is 8. The van der Waals surface area contributed by atoms with Gasteiger partial charge in [0.25, 0.3) is 0 Å². The molecule has 0 saturated heterocycles. The normalized spacial score (nSPS) is 14.6. The molecular weight excluding hydrogens is 246 g/mol. The zero-order chi connectivity index (χ0) is 14.4. The maximum atomic E-state index is 4.65. The van der Waals surface area contributed by atoms with Gasteiger partial charge in [-0.05, 0) is 31.9 Å². The molecule has 0 aliphatic heterocycles. The molecule has 1 aromatic heterocycles. The second-order valence-electron chi connectivity index (χ2n) is 5.47. The van der Waals surface area contributed by atoms with Crippen LogP contribution in [-0.4, -0.2) is 22.4 Å². The molecule has 1 aromatic carbocycles. The zero-order valence-electron chi connectivity index (χ0n) is 13.0. The third-order valence-corrected chi connectivity index (χ3v) is 3.96. The largest absolute Gasteiger partial charge is 0.312 e. The third-order valence-electron chi connectivity index (χ3n) is 3.96. The minimum Gasteiger partial charge on any atom is -0.312 e. The number of nitrogens with zero attached hydrogens (tertiary/aromatic N) is 2. The summed E-state index contributed by atoms with van der Waals surface area (Å²) < 4.78 is 2.22.